The number of rotatable bonds is 2. The van der Waals surface area contributed by atoms with E-state index in [-0.39, 0.29) is 0 Å². The fourth-order valence-electron chi connectivity index (χ4n) is 4.12. The van der Waals surface area contributed by atoms with Gasteiger partial charge in [0, 0.05) is 0 Å². The van der Waals surface area contributed by atoms with Gasteiger partial charge in [-0.15, -0.1) is 0 Å². The topological polar surface area (TPSA) is 0 Å². The summed E-state index contributed by atoms with van der Waals surface area (Å²) < 4.78 is 0. The fourth-order valence-corrected chi connectivity index (χ4v) is 4.12. The molecule has 0 spiro atoms. The third-order valence-corrected chi connectivity index (χ3v) is 5.59. The monoisotopic (exact) mass is 358 g/mol. The van der Waals surface area contributed by atoms with Gasteiger partial charge in [-0.2, -0.15) is 0 Å². The molecule has 0 saturated carbocycles. The standard InChI is InChI=1S/C28H22/c1-19-10-14-21(15-11-19)25-9-5-7-24-18-23-6-3-4-8-26(23)27(28(24)25)22-16-12-20(2)13-17-22/h3-18H,1-2H3. The van der Waals surface area contributed by atoms with Gasteiger partial charge in [0.05, 0.1) is 0 Å². The zero-order valence-electron chi connectivity index (χ0n) is 16.2. The van der Waals surface area contributed by atoms with Crippen LogP contribution in [0.15, 0.2) is 97.1 Å². The summed E-state index contributed by atoms with van der Waals surface area (Å²) in [6.45, 7) is 4.28. The third kappa shape index (κ3) is 2.78. The zero-order valence-corrected chi connectivity index (χ0v) is 16.2. The predicted octanol–water partition coefficient (Wildman–Crippen LogP) is 7.94. The summed E-state index contributed by atoms with van der Waals surface area (Å²) in [6.07, 6.45) is 0. The molecule has 0 aliphatic heterocycles. The van der Waals surface area contributed by atoms with Crippen LogP contribution in [-0.2, 0) is 0 Å². The van der Waals surface area contributed by atoms with Crippen LogP contribution in [0.1, 0.15) is 11.1 Å². The van der Waals surface area contributed by atoms with Crippen molar-refractivity contribution >= 4 is 21.5 Å². The average Bonchev–Trinajstić information content (AvgIpc) is 2.73. The molecule has 0 bridgehead atoms. The molecule has 0 heteroatoms. The molecular weight excluding hydrogens is 336 g/mol. The highest BCUT2D eigenvalue weighted by atomic mass is 14.2. The van der Waals surface area contributed by atoms with Gasteiger partial charge >= 0.3 is 0 Å². The van der Waals surface area contributed by atoms with Crippen LogP contribution < -0.4 is 0 Å². The van der Waals surface area contributed by atoms with E-state index in [4.69, 9.17) is 0 Å². The highest BCUT2D eigenvalue weighted by Crippen LogP contribution is 2.41. The van der Waals surface area contributed by atoms with E-state index in [2.05, 4.69) is 111 Å². The first-order valence-electron chi connectivity index (χ1n) is 9.79. The number of fused-ring (bicyclic) bond motifs is 2. The molecule has 0 radical (unpaired) electrons. The number of hydrogen-bond donors (Lipinski definition) is 0. The average molecular weight is 358 g/mol. The van der Waals surface area contributed by atoms with E-state index in [1.54, 1.807) is 0 Å². The molecule has 0 aromatic heterocycles. The lowest BCUT2D eigenvalue weighted by Gasteiger charge is -2.16. The maximum atomic E-state index is 2.32. The van der Waals surface area contributed by atoms with E-state index in [0.29, 0.717) is 0 Å². The number of aryl methyl sites for hydroxylation is 2. The molecule has 134 valence electrons. The molecule has 0 amide bonds. The largest absolute Gasteiger partial charge is 0.0616 e. The van der Waals surface area contributed by atoms with E-state index < -0.39 is 0 Å². The molecule has 5 aromatic carbocycles. The summed E-state index contributed by atoms with van der Waals surface area (Å²) in [5, 5.41) is 5.20. The molecule has 0 fully saturated rings. The molecule has 0 nitrogen and oxygen atoms in total. The number of hydrogen-bond acceptors (Lipinski definition) is 0. The molecule has 5 rings (SSSR count). The Balaban J connectivity index is 1.95. The van der Waals surface area contributed by atoms with Crippen LogP contribution in [-0.4, -0.2) is 0 Å². The summed E-state index contributed by atoms with van der Waals surface area (Å²) in [5.41, 5.74) is 7.72. The summed E-state index contributed by atoms with van der Waals surface area (Å²) >= 11 is 0. The van der Waals surface area contributed by atoms with Gasteiger partial charge in [0.15, 0.2) is 0 Å². The van der Waals surface area contributed by atoms with Crippen molar-refractivity contribution in [2.75, 3.05) is 0 Å². The lowest BCUT2D eigenvalue weighted by atomic mass is 9.87. The minimum Gasteiger partial charge on any atom is -0.0616 e. The molecule has 0 aliphatic rings. The van der Waals surface area contributed by atoms with Crippen LogP contribution in [0.2, 0.25) is 0 Å². The van der Waals surface area contributed by atoms with Crippen molar-refractivity contribution < 1.29 is 0 Å². The van der Waals surface area contributed by atoms with Crippen LogP contribution in [0.25, 0.3) is 43.8 Å². The van der Waals surface area contributed by atoms with E-state index in [9.17, 15) is 0 Å². The highest BCUT2D eigenvalue weighted by Gasteiger charge is 2.14. The Labute approximate surface area is 166 Å². The summed E-state index contributed by atoms with van der Waals surface area (Å²) in [6, 6.07) is 35.5. The Morgan fingerprint density at radius 1 is 0.500 bits per heavy atom. The van der Waals surface area contributed by atoms with Gasteiger partial charge in [-0.05, 0) is 63.7 Å². The first-order chi connectivity index (χ1) is 13.7. The lowest BCUT2D eigenvalue weighted by Crippen LogP contribution is -1.89. The summed E-state index contributed by atoms with van der Waals surface area (Å²) in [5.74, 6) is 0. The highest BCUT2D eigenvalue weighted by molar-refractivity contribution is 6.17. The van der Waals surface area contributed by atoms with Crippen LogP contribution in [0.5, 0.6) is 0 Å². The zero-order chi connectivity index (χ0) is 19.1. The number of benzene rings is 5. The Kier molecular flexibility index (Phi) is 3.98. The van der Waals surface area contributed by atoms with Crippen molar-refractivity contribution in [2.45, 2.75) is 13.8 Å². The van der Waals surface area contributed by atoms with Gasteiger partial charge in [-0.25, -0.2) is 0 Å². The second kappa shape index (κ2) is 6.65. The van der Waals surface area contributed by atoms with E-state index in [0.717, 1.165) is 0 Å². The van der Waals surface area contributed by atoms with E-state index >= 15 is 0 Å². The molecule has 0 aliphatic carbocycles. The maximum absolute atomic E-state index is 2.32. The Morgan fingerprint density at radius 2 is 1.11 bits per heavy atom. The molecule has 0 heterocycles. The van der Waals surface area contributed by atoms with Gasteiger partial charge in [-0.1, -0.05) is 102 Å². The molecule has 0 atom stereocenters. The first-order valence-corrected chi connectivity index (χ1v) is 9.79. The predicted molar refractivity (Wildman–Crippen MR) is 122 cm³/mol. The second-order valence-electron chi connectivity index (χ2n) is 7.61. The smallest absolute Gasteiger partial charge is 0.00204 e. The normalized spacial score (nSPS) is 11.2. The fraction of sp³-hybridized carbons (Fsp3) is 0.0714. The van der Waals surface area contributed by atoms with Gasteiger partial charge in [0.2, 0.25) is 0 Å². The minimum absolute atomic E-state index is 1.26. The lowest BCUT2D eigenvalue weighted by molar-refractivity contribution is 1.47. The van der Waals surface area contributed by atoms with Crippen molar-refractivity contribution in [3.8, 4) is 22.3 Å². The quantitative estimate of drug-likeness (QED) is 0.281. The van der Waals surface area contributed by atoms with Gasteiger partial charge < -0.3 is 0 Å². The van der Waals surface area contributed by atoms with Crippen molar-refractivity contribution in [1.29, 1.82) is 0 Å². The van der Waals surface area contributed by atoms with E-state index in [1.165, 1.54) is 54.9 Å². The van der Waals surface area contributed by atoms with Gasteiger partial charge in [0.1, 0.15) is 0 Å². The summed E-state index contributed by atoms with van der Waals surface area (Å²) in [4.78, 5) is 0. The molecule has 0 unspecified atom stereocenters. The van der Waals surface area contributed by atoms with Gasteiger partial charge in [-0.3, -0.25) is 0 Å². The molecule has 28 heavy (non-hydrogen) atoms. The Bertz CT molecular complexity index is 1290. The van der Waals surface area contributed by atoms with E-state index in [1.807, 2.05) is 0 Å². The molecule has 0 saturated heterocycles. The van der Waals surface area contributed by atoms with Crippen LogP contribution >= 0.6 is 0 Å². The Morgan fingerprint density at radius 3 is 1.82 bits per heavy atom. The first kappa shape index (κ1) is 16.8. The maximum Gasteiger partial charge on any atom is -0.00204 e. The van der Waals surface area contributed by atoms with Crippen LogP contribution in [0.3, 0.4) is 0 Å². The van der Waals surface area contributed by atoms with Crippen molar-refractivity contribution in [3.63, 3.8) is 0 Å². The third-order valence-electron chi connectivity index (χ3n) is 5.59. The van der Waals surface area contributed by atoms with Crippen molar-refractivity contribution in [3.05, 3.63) is 108 Å². The van der Waals surface area contributed by atoms with Crippen LogP contribution in [0.4, 0.5) is 0 Å². The molecule has 5 aromatic rings. The minimum atomic E-state index is 1.26. The van der Waals surface area contributed by atoms with Gasteiger partial charge in [0.25, 0.3) is 0 Å². The Hall–Kier alpha value is -3.38. The second-order valence-corrected chi connectivity index (χ2v) is 7.61. The van der Waals surface area contributed by atoms with Crippen LogP contribution in [0, 0.1) is 13.8 Å². The van der Waals surface area contributed by atoms with Crippen molar-refractivity contribution in [2.24, 2.45) is 0 Å². The molecular formula is C28H22. The van der Waals surface area contributed by atoms with Crippen molar-refractivity contribution in [1.82, 2.24) is 0 Å². The summed E-state index contributed by atoms with van der Waals surface area (Å²) in [7, 11) is 0. The molecule has 0 N–H and O–H groups in total. The SMILES string of the molecule is Cc1ccc(-c2cccc3cc4ccccc4c(-c4ccc(C)cc4)c23)cc1.